The Morgan fingerprint density at radius 1 is 1.06 bits per heavy atom. The smallest absolute Gasteiger partial charge is 0.266 e. The van der Waals surface area contributed by atoms with Crippen LogP contribution >= 0.6 is 23.4 Å². The molecule has 0 unspecified atom stereocenters. The number of halogens is 1. The maximum absolute atomic E-state index is 13.1. The van der Waals surface area contributed by atoms with Crippen LogP contribution in [0.4, 0.5) is 5.69 Å². The van der Waals surface area contributed by atoms with Crippen LogP contribution in [0.2, 0.25) is 5.02 Å². The highest BCUT2D eigenvalue weighted by Gasteiger charge is 2.34. The Hall–Kier alpha value is -2.76. The SMILES string of the molecule is Cc1ccc(N=C2S/C(=C/c3ccc(-c4ccc(Cl)cc4)o3)C(=O)N2CC(C)C)cc1. The van der Waals surface area contributed by atoms with E-state index in [1.54, 1.807) is 11.0 Å². The van der Waals surface area contributed by atoms with E-state index in [9.17, 15) is 4.79 Å². The zero-order chi connectivity index (χ0) is 22.0. The van der Waals surface area contributed by atoms with Crippen molar-refractivity contribution in [1.29, 1.82) is 0 Å². The summed E-state index contributed by atoms with van der Waals surface area (Å²) >= 11 is 7.35. The molecule has 0 spiro atoms. The molecule has 1 aliphatic heterocycles. The van der Waals surface area contributed by atoms with Gasteiger partial charge < -0.3 is 4.42 Å². The highest BCUT2D eigenvalue weighted by Crippen LogP contribution is 2.35. The molecule has 0 bridgehead atoms. The molecule has 4 nitrogen and oxygen atoms in total. The first kappa shape index (κ1) is 21.5. The zero-order valence-electron chi connectivity index (χ0n) is 17.6. The van der Waals surface area contributed by atoms with Gasteiger partial charge in [0.1, 0.15) is 11.5 Å². The maximum atomic E-state index is 13.1. The van der Waals surface area contributed by atoms with Crippen LogP contribution in [0, 0.1) is 12.8 Å². The molecule has 4 rings (SSSR count). The Morgan fingerprint density at radius 3 is 2.45 bits per heavy atom. The topological polar surface area (TPSA) is 45.8 Å². The Balaban J connectivity index is 1.62. The number of rotatable bonds is 5. The summed E-state index contributed by atoms with van der Waals surface area (Å²) in [7, 11) is 0. The van der Waals surface area contributed by atoms with Gasteiger partial charge in [0.25, 0.3) is 5.91 Å². The number of thioether (sulfide) groups is 1. The fraction of sp³-hybridized carbons (Fsp3) is 0.200. The molecular formula is C25H23ClN2O2S. The van der Waals surface area contributed by atoms with E-state index in [4.69, 9.17) is 21.0 Å². The largest absolute Gasteiger partial charge is 0.457 e. The van der Waals surface area contributed by atoms with Crippen molar-refractivity contribution in [2.45, 2.75) is 20.8 Å². The normalized spacial score (nSPS) is 16.8. The fourth-order valence-electron chi connectivity index (χ4n) is 3.18. The van der Waals surface area contributed by atoms with Gasteiger partial charge in [0, 0.05) is 23.2 Å². The summed E-state index contributed by atoms with van der Waals surface area (Å²) < 4.78 is 5.96. The molecule has 0 saturated carbocycles. The molecule has 0 atom stereocenters. The number of hydrogen-bond donors (Lipinski definition) is 0. The molecule has 1 fully saturated rings. The molecule has 1 aromatic heterocycles. The van der Waals surface area contributed by atoms with Gasteiger partial charge in [-0.15, -0.1) is 0 Å². The van der Waals surface area contributed by atoms with Crippen LogP contribution in [-0.4, -0.2) is 22.5 Å². The number of furan rings is 1. The first-order valence-electron chi connectivity index (χ1n) is 10.1. The molecule has 2 aromatic carbocycles. The van der Waals surface area contributed by atoms with Crippen LogP contribution in [0.15, 0.2) is 75.0 Å². The summed E-state index contributed by atoms with van der Waals surface area (Å²) in [5.74, 6) is 1.63. The van der Waals surface area contributed by atoms with E-state index in [2.05, 4.69) is 13.8 Å². The highest BCUT2D eigenvalue weighted by molar-refractivity contribution is 8.18. The Morgan fingerprint density at radius 2 is 1.77 bits per heavy atom. The van der Waals surface area contributed by atoms with Crippen LogP contribution < -0.4 is 0 Å². The van der Waals surface area contributed by atoms with Gasteiger partial charge in [-0.25, -0.2) is 4.99 Å². The molecule has 31 heavy (non-hydrogen) atoms. The molecule has 1 aliphatic rings. The number of amides is 1. The van der Waals surface area contributed by atoms with E-state index >= 15 is 0 Å². The highest BCUT2D eigenvalue weighted by atomic mass is 35.5. The number of aliphatic imine (C=N–C) groups is 1. The Labute approximate surface area is 191 Å². The summed E-state index contributed by atoms with van der Waals surface area (Å²) in [6.07, 6.45) is 1.79. The van der Waals surface area contributed by atoms with Crippen molar-refractivity contribution >= 4 is 46.2 Å². The summed E-state index contributed by atoms with van der Waals surface area (Å²) in [5.41, 5.74) is 2.94. The third-order valence-electron chi connectivity index (χ3n) is 4.72. The number of hydrogen-bond acceptors (Lipinski definition) is 4. The van der Waals surface area contributed by atoms with Crippen LogP contribution in [0.1, 0.15) is 25.2 Å². The van der Waals surface area contributed by atoms with Gasteiger partial charge in [0.15, 0.2) is 5.17 Å². The quantitative estimate of drug-likeness (QED) is 0.387. The van der Waals surface area contributed by atoms with Crippen LogP contribution in [0.25, 0.3) is 17.4 Å². The molecule has 1 amide bonds. The van der Waals surface area contributed by atoms with Crippen molar-refractivity contribution in [3.63, 3.8) is 0 Å². The summed E-state index contributed by atoms with van der Waals surface area (Å²) in [6, 6.07) is 19.2. The van der Waals surface area contributed by atoms with E-state index in [-0.39, 0.29) is 5.91 Å². The number of amidine groups is 1. The van der Waals surface area contributed by atoms with E-state index in [1.807, 2.05) is 67.6 Å². The fourth-order valence-corrected chi connectivity index (χ4v) is 4.29. The van der Waals surface area contributed by atoms with Crippen LogP contribution in [0.3, 0.4) is 0 Å². The van der Waals surface area contributed by atoms with Crippen molar-refractivity contribution in [3.8, 4) is 11.3 Å². The predicted octanol–water partition coefficient (Wildman–Crippen LogP) is 7.17. The van der Waals surface area contributed by atoms with Gasteiger partial charge in [-0.2, -0.15) is 0 Å². The van der Waals surface area contributed by atoms with E-state index < -0.39 is 0 Å². The molecule has 0 aliphatic carbocycles. The first-order chi connectivity index (χ1) is 14.9. The zero-order valence-corrected chi connectivity index (χ0v) is 19.2. The lowest BCUT2D eigenvalue weighted by atomic mass is 10.2. The van der Waals surface area contributed by atoms with Crippen molar-refractivity contribution in [1.82, 2.24) is 4.90 Å². The standard InChI is InChI=1S/C25H23ClN2O2S/c1-16(2)15-28-24(29)23(31-25(28)27-20-10-4-17(3)5-11-20)14-21-12-13-22(30-21)18-6-8-19(26)9-7-18/h4-14,16H,15H2,1-3H3/b23-14+,27-25?. The van der Waals surface area contributed by atoms with Gasteiger partial charge in [-0.3, -0.25) is 9.69 Å². The maximum Gasteiger partial charge on any atom is 0.266 e. The van der Waals surface area contributed by atoms with E-state index in [0.29, 0.717) is 33.3 Å². The number of carbonyl (C=O) groups is 1. The molecule has 2 heterocycles. The third-order valence-corrected chi connectivity index (χ3v) is 5.98. The van der Waals surface area contributed by atoms with Gasteiger partial charge in [-0.05, 0) is 73.1 Å². The van der Waals surface area contributed by atoms with Gasteiger partial charge >= 0.3 is 0 Å². The predicted molar refractivity (Wildman–Crippen MR) is 130 cm³/mol. The van der Waals surface area contributed by atoms with E-state index in [1.165, 1.54) is 17.3 Å². The van der Waals surface area contributed by atoms with Crippen molar-refractivity contribution in [3.05, 3.63) is 81.9 Å². The molecule has 1 saturated heterocycles. The van der Waals surface area contributed by atoms with Crippen molar-refractivity contribution in [2.24, 2.45) is 10.9 Å². The lowest BCUT2D eigenvalue weighted by Gasteiger charge is -2.17. The summed E-state index contributed by atoms with van der Waals surface area (Å²) in [6.45, 7) is 6.84. The lowest BCUT2D eigenvalue weighted by Crippen LogP contribution is -2.32. The Bertz CT molecular complexity index is 1150. The minimum atomic E-state index is -0.0472. The minimum Gasteiger partial charge on any atom is -0.457 e. The molecule has 6 heteroatoms. The molecule has 158 valence electrons. The number of carbonyl (C=O) groups excluding carboxylic acids is 1. The number of benzene rings is 2. The van der Waals surface area contributed by atoms with Crippen molar-refractivity contribution < 1.29 is 9.21 Å². The average molecular weight is 451 g/mol. The minimum absolute atomic E-state index is 0.0472. The summed E-state index contributed by atoms with van der Waals surface area (Å²) in [5, 5.41) is 1.37. The third kappa shape index (κ3) is 5.12. The summed E-state index contributed by atoms with van der Waals surface area (Å²) in [4.78, 5) is 20.2. The second kappa shape index (κ2) is 9.16. The second-order valence-electron chi connectivity index (χ2n) is 7.86. The van der Waals surface area contributed by atoms with Gasteiger partial charge in [0.2, 0.25) is 0 Å². The molecule has 0 N–H and O–H groups in total. The lowest BCUT2D eigenvalue weighted by molar-refractivity contribution is -0.122. The molecule has 0 radical (unpaired) electrons. The Kier molecular flexibility index (Phi) is 6.35. The second-order valence-corrected chi connectivity index (χ2v) is 9.30. The van der Waals surface area contributed by atoms with Crippen LogP contribution in [0.5, 0.6) is 0 Å². The van der Waals surface area contributed by atoms with Crippen molar-refractivity contribution in [2.75, 3.05) is 6.54 Å². The average Bonchev–Trinajstić information content (AvgIpc) is 3.31. The van der Waals surface area contributed by atoms with Gasteiger partial charge in [0.05, 0.1) is 10.6 Å². The van der Waals surface area contributed by atoms with Gasteiger partial charge in [-0.1, -0.05) is 43.1 Å². The first-order valence-corrected chi connectivity index (χ1v) is 11.3. The molecule has 3 aromatic rings. The monoisotopic (exact) mass is 450 g/mol. The molecular weight excluding hydrogens is 428 g/mol. The number of aryl methyl sites for hydroxylation is 1. The number of nitrogens with zero attached hydrogens (tertiary/aromatic N) is 2. The van der Waals surface area contributed by atoms with E-state index in [0.717, 1.165) is 17.0 Å². The van der Waals surface area contributed by atoms with Crippen LogP contribution in [-0.2, 0) is 4.79 Å².